The second-order valence-electron chi connectivity index (χ2n) is 6.02. The highest BCUT2D eigenvalue weighted by Crippen LogP contribution is 2.24. The minimum absolute atomic E-state index is 0.298. The summed E-state index contributed by atoms with van der Waals surface area (Å²) in [6, 6.07) is 0. The van der Waals surface area contributed by atoms with Crippen LogP contribution in [0.25, 0.3) is 0 Å². The van der Waals surface area contributed by atoms with E-state index in [1.807, 2.05) is 0 Å². The molecule has 2 rings (SSSR count). The van der Waals surface area contributed by atoms with Crippen molar-refractivity contribution in [1.82, 2.24) is 14.8 Å². The summed E-state index contributed by atoms with van der Waals surface area (Å²) in [4.78, 5) is 0. The Balaban J connectivity index is 2.21. The van der Waals surface area contributed by atoms with E-state index in [1.165, 1.54) is 18.1 Å². The molecule has 0 aromatic carbocycles. The van der Waals surface area contributed by atoms with Gasteiger partial charge in [-0.1, -0.05) is 27.7 Å². The zero-order valence-corrected chi connectivity index (χ0v) is 10.2. The van der Waals surface area contributed by atoms with Gasteiger partial charge in [0.1, 0.15) is 11.6 Å². The van der Waals surface area contributed by atoms with Crippen molar-refractivity contribution in [2.45, 2.75) is 53.5 Å². The fraction of sp³-hybridized carbons (Fsp3) is 0.833. The second kappa shape index (κ2) is 3.62. The van der Waals surface area contributed by atoms with Crippen molar-refractivity contribution in [3.8, 4) is 0 Å². The molecule has 0 aliphatic carbocycles. The molecule has 1 aliphatic rings. The van der Waals surface area contributed by atoms with E-state index in [-0.39, 0.29) is 0 Å². The fourth-order valence-corrected chi connectivity index (χ4v) is 2.15. The highest BCUT2D eigenvalue weighted by Gasteiger charge is 2.22. The highest BCUT2D eigenvalue weighted by molar-refractivity contribution is 5.01. The molecule has 2 heterocycles. The Morgan fingerprint density at radius 2 is 2.07 bits per heavy atom. The Morgan fingerprint density at radius 3 is 2.73 bits per heavy atom. The number of nitrogens with zero attached hydrogens (tertiary/aromatic N) is 3. The minimum atomic E-state index is 0.298. The molecule has 84 valence electrons. The predicted molar refractivity (Wildman–Crippen MR) is 60.7 cm³/mol. The van der Waals surface area contributed by atoms with Crippen LogP contribution in [-0.4, -0.2) is 14.8 Å². The SMILES string of the molecule is CC1CCn2c(nnc2CC(C)(C)C)C1. The minimum Gasteiger partial charge on any atom is -0.315 e. The van der Waals surface area contributed by atoms with Crippen molar-refractivity contribution < 1.29 is 0 Å². The first-order chi connectivity index (χ1) is 6.96. The third-order valence-electron chi connectivity index (χ3n) is 2.97. The van der Waals surface area contributed by atoms with Crippen molar-refractivity contribution >= 4 is 0 Å². The van der Waals surface area contributed by atoms with Crippen LogP contribution >= 0.6 is 0 Å². The van der Waals surface area contributed by atoms with E-state index in [0.29, 0.717) is 5.41 Å². The average molecular weight is 207 g/mol. The number of aromatic nitrogens is 3. The summed E-state index contributed by atoms with van der Waals surface area (Å²) in [6.45, 7) is 10.1. The summed E-state index contributed by atoms with van der Waals surface area (Å²) in [5.41, 5.74) is 0.298. The number of hydrogen-bond donors (Lipinski definition) is 0. The molecule has 0 bridgehead atoms. The molecule has 3 nitrogen and oxygen atoms in total. The molecular formula is C12H21N3. The molecular weight excluding hydrogens is 186 g/mol. The lowest BCUT2D eigenvalue weighted by molar-refractivity contribution is 0.365. The summed E-state index contributed by atoms with van der Waals surface area (Å²) in [6.07, 6.45) is 3.38. The van der Waals surface area contributed by atoms with Crippen LogP contribution in [0.5, 0.6) is 0 Å². The Labute approximate surface area is 91.9 Å². The quantitative estimate of drug-likeness (QED) is 0.708. The molecule has 0 amide bonds. The van der Waals surface area contributed by atoms with Crippen molar-refractivity contribution in [3.63, 3.8) is 0 Å². The monoisotopic (exact) mass is 207 g/mol. The molecule has 0 N–H and O–H groups in total. The van der Waals surface area contributed by atoms with Crippen molar-refractivity contribution in [2.75, 3.05) is 0 Å². The van der Waals surface area contributed by atoms with E-state index < -0.39 is 0 Å². The van der Waals surface area contributed by atoms with Gasteiger partial charge in [0.2, 0.25) is 0 Å². The molecule has 0 fully saturated rings. The number of fused-ring (bicyclic) bond motifs is 1. The lowest BCUT2D eigenvalue weighted by Crippen LogP contribution is -2.21. The van der Waals surface area contributed by atoms with Gasteiger partial charge >= 0.3 is 0 Å². The van der Waals surface area contributed by atoms with Crippen LogP contribution in [0.4, 0.5) is 0 Å². The summed E-state index contributed by atoms with van der Waals surface area (Å²) in [5, 5.41) is 8.63. The first-order valence-corrected chi connectivity index (χ1v) is 5.87. The molecule has 1 aromatic heterocycles. The Kier molecular flexibility index (Phi) is 2.57. The van der Waals surface area contributed by atoms with E-state index in [0.717, 1.165) is 25.3 Å². The molecule has 1 unspecified atom stereocenters. The van der Waals surface area contributed by atoms with Gasteiger partial charge in [0, 0.05) is 19.4 Å². The van der Waals surface area contributed by atoms with E-state index in [1.54, 1.807) is 0 Å². The highest BCUT2D eigenvalue weighted by atomic mass is 15.3. The molecule has 3 heteroatoms. The van der Waals surface area contributed by atoms with E-state index in [4.69, 9.17) is 0 Å². The summed E-state index contributed by atoms with van der Waals surface area (Å²) < 4.78 is 2.32. The largest absolute Gasteiger partial charge is 0.315 e. The zero-order valence-electron chi connectivity index (χ0n) is 10.2. The molecule has 1 aromatic rings. The Hall–Kier alpha value is -0.860. The van der Waals surface area contributed by atoms with Gasteiger partial charge in [0.25, 0.3) is 0 Å². The maximum atomic E-state index is 4.33. The van der Waals surface area contributed by atoms with Crippen LogP contribution < -0.4 is 0 Å². The van der Waals surface area contributed by atoms with Crippen LogP contribution in [0.15, 0.2) is 0 Å². The van der Waals surface area contributed by atoms with Crippen LogP contribution in [0.3, 0.4) is 0 Å². The Morgan fingerprint density at radius 1 is 1.33 bits per heavy atom. The van der Waals surface area contributed by atoms with Crippen LogP contribution in [0.2, 0.25) is 0 Å². The molecule has 0 radical (unpaired) electrons. The lowest BCUT2D eigenvalue weighted by atomic mass is 9.91. The normalized spacial score (nSPS) is 21.5. The topological polar surface area (TPSA) is 30.7 Å². The molecule has 0 saturated carbocycles. The van der Waals surface area contributed by atoms with Gasteiger partial charge in [0.05, 0.1) is 0 Å². The third kappa shape index (κ3) is 2.39. The van der Waals surface area contributed by atoms with Crippen molar-refractivity contribution in [1.29, 1.82) is 0 Å². The van der Waals surface area contributed by atoms with Crippen LogP contribution in [-0.2, 0) is 19.4 Å². The van der Waals surface area contributed by atoms with Gasteiger partial charge in [0.15, 0.2) is 0 Å². The predicted octanol–water partition coefficient (Wildman–Crippen LogP) is 2.45. The van der Waals surface area contributed by atoms with Gasteiger partial charge in [-0.2, -0.15) is 0 Å². The fourth-order valence-electron chi connectivity index (χ4n) is 2.15. The average Bonchev–Trinajstić information content (AvgIpc) is 2.45. The smallest absolute Gasteiger partial charge is 0.133 e. The van der Waals surface area contributed by atoms with Crippen LogP contribution in [0.1, 0.15) is 45.8 Å². The third-order valence-corrected chi connectivity index (χ3v) is 2.97. The summed E-state index contributed by atoms with van der Waals surface area (Å²) in [7, 11) is 0. The van der Waals surface area contributed by atoms with E-state index in [9.17, 15) is 0 Å². The maximum absolute atomic E-state index is 4.33. The summed E-state index contributed by atoms with van der Waals surface area (Å²) in [5.74, 6) is 3.13. The van der Waals surface area contributed by atoms with E-state index in [2.05, 4.69) is 42.5 Å². The lowest BCUT2D eigenvalue weighted by Gasteiger charge is -2.23. The van der Waals surface area contributed by atoms with Crippen molar-refractivity contribution in [2.24, 2.45) is 11.3 Å². The second-order valence-corrected chi connectivity index (χ2v) is 6.02. The number of hydrogen-bond acceptors (Lipinski definition) is 2. The molecule has 0 spiro atoms. The van der Waals surface area contributed by atoms with Crippen LogP contribution in [0, 0.1) is 11.3 Å². The molecule has 15 heavy (non-hydrogen) atoms. The summed E-state index contributed by atoms with van der Waals surface area (Å²) >= 11 is 0. The van der Waals surface area contributed by atoms with Gasteiger partial charge in [-0.3, -0.25) is 0 Å². The first-order valence-electron chi connectivity index (χ1n) is 5.87. The molecule has 1 atom stereocenters. The van der Waals surface area contributed by atoms with Gasteiger partial charge < -0.3 is 4.57 Å². The molecule has 0 saturated heterocycles. The van der Waals surface area contributed by atoms with Gasteiger partial charge in [-0.05, 0) is 17.8 Å². The number of rotatable bonds is 1. The zero-order chi connectivity index (χ0) is 11.1. The Bertz CT molecular complexity index is 346. The van der Waals surface area contributed by atoms with Gasteiger partial charge in [-0.15, -0.1) is 10.2 Å². The maximum Gasteiger partial charge on any atom is 0.133 e. The van der Waals surface area contributed by atoms with E-state index >= 15 is 0 Å². The molecule has 1 aliphatic heterocycles. The van der Waals surface area contributed by atoms with Gasteiger partial charge in [-0.25, -0.2) is 0 Å². The first kappa shape index (κ1) is 10.7. The standard InChI is InChI=1S/C12H21N3/c1-9-5-6-15-10(7-9)13-14-11(15)8-12(2,3)4/h9H,5-8H2,1-4H3. The van der Waals surface area contributed by atoms with Crippen molar-refractivity contribution in [3.05, 3.63) is 11.6 Å².